The van der Waals surface area contributed by atoms with Crippen LogP contribution in [-0.2, 0) is 20.4 Å². The molecule has 0 amide bonds. The molecule has 0 N–H and O–H groups in total. The highest BCUT2D eigenvalue weighted by Crippen LogP contribution is 2.67. The standard InChI is InChI=1S/2C49H28N4O8.C4H8O2/c2*54-50(55)37-13-1-29(2-14-37)33-9-21-41-42-22-10-34(30-3-15-38(16-4-30)51(56)57)26-46(42)49(45(41)25-33)47-27-35(31-5-17-39(18-6-31)52(58)59)11-23-43(47)44-24-12-36(28-48(44)49)32-7-19-40(20-8-32)53(60)61;1-3-6-4(2)5/h2*1-28H;3H2,1-2H3. The molecule has 26 heteroatoms. The minimum absolute atomic E-state index is 0.0243. The lowest BCUT2D eigenvalue weighted by Crippen LogP contribution is -2.26. The van der Waals surface area contributed by atoms with Crippen molar-refractivity contribution in [1.82, 2.24) is 0 Å². The molecular formula is C102H64N8O18. The number of carbonyl (C=O) groups is 1. The summed E-state index contributed by atoms with van der Waals surface area (Å²) in [7, 11) is 0. The predicted octanol–water partition coefficient (Wildman–Crippen LogP) is 25.2. The summed E-state index contributed by atoms with van der Waals surface area (Å²) in [5.74, 6) is -0.211. The van der Waals surface area contributed by atoms with Crippen LogP contribution in [0.4, 0.5) is 45.5 Å². The van der Waals surface area contributed by atoms with Gasteiger partial charge in [0.1, 0.15) is 0 Å². The van der Waals surface area contributed by atoms with Crippen molar-refractivity contribution in [2.45, 2.75) is 24.7 Å². The molecule has 0 fully saturated rings. The van der Waals surface area contributed by atoms with E-state index in [4.69, 9.17) is 0 Å². The van der Waals surface area contributed by atoms with Gasteiger partial charge < -0.3 is 4.74 Å². The molecule has 0 saturated carbocycles. The molecule has 26 nitrogen and oxygen atoms in total. The number of nitro benzene ring substituents is 8. The Morgan fingerprint density at radius 2 is 0.312 bits per heavy atom. The van der Waals surface area contributed by atoms with Crippen LogP contribution in [0.25, 0.3) is 134 Å². The van der Waals surface area contributed by atoms with Gasteiger partial charge in [-0.05, 0) is 331 Å². The molecule has 0 heterocycles. The molecular weight excluding hydrogens is 1630 g/mol. The maximum absolute atomic E-state index is 11.6. The number of fused-ring (bicyclic) bond motifs is 20. The number of carbonyl (C=O) groups excluding carboxylic acids is 1. The van der Waals surface area contributed by atoms with Crippen LogP contribution in [0, 0.1) is 80.9 Å². The molecule has 0 radical (unpaired) electrons. The molecule has 20 rings (SSSR count). The van der Waals surface area contributed by atoms with Crippen LogP contribution < -0.4 is 0 Å². The number of nitrogens with zero attached hydrogens (tertiary/aromatic N) is 8. The minimum Gasteiger partial charge on any atom is -0.466 e. The van der Waals surface area contributed by atoms with Crippen LogP contribution in [0.3, 0.4) is 0 Å². The molecule has 4 aliphatic carbocycles. The van der Waals surface area contributed by atoms with Gasteiger partial charge in [0.05, 0.1) is 56.8 Å². The molecule has 0 saturated heterocycles. The van der Waals surface area contributed by atoms with Gasteiger partial charge in [-0.3, -0.25) is 85.7 Å². The van der Waals surface area contributed by atoms with E-state index in [0.717, 1.165) is 178 Å². The second kappa shape index (κ2) is 32.2. The quantitative estimate of drug-likeness (QED) is 0.0464. The minimum atomic E-state index is -0.976. The maximum Gasteiger partial charge on any atom is 0.302 e. The molecule has 620 valence electrons. The molecule has 0 aromatic heterocycles. The number of non-ortho nitro benzene ring substituents is 8. The van der Waals surface area contributed by atoms with Crippen molar-refractivity contribution in [3.63, 3.8) is 0 Å². The molecule has 16 aromatic rings. The Kier molecular flexibility index (Phi) is 20.4. The first kappa shape index (κ1) is 81.2. The van der Waals surface area contributed by atoms with Gasteiger partial charge in [0.25, 0.3) is 45.5 Å². The number of nitro groups is 8. The lowest BCUT2D eigenvalue weighted by Gasteiger charge is -2.32. The van der Waals surface area contributed by atoms with Crippen LogP contribution >= 0.6 is 0 Å². The highest BCUT2D eigenvalue weighted by molar-refractivity contribution is 6.01. The smallest absolute Gasteiger partial charge is 0.302 e. The fourth-order valence-electron chi connectivity index (χ4n) is 18.3. The summed E-state index contributed by atoms with van der Waals surface area (Å²) in [4.78, 5) is 99.0. The second-order valence-electron chi connectivity index (χ2n) is 30.9. The second-order valence-corrected chi connectivity index (χ2v) is 30.9. The van der Waals surface area contributed by atoms with E-state index in [-0.39, 0.29) is 51.5 Å². The first-order chi connectivity index (χ1) is 61.8. The molecule has 0 unspecified atom stereocenters. The molecule has 0 aliphatic heterocycles. The van der Waals surface area contributed by atoms with E-state index in [1.165, 1.54) is 104 Å². The zero-order valence-electron chi connectivity index (χ0n) is 67.5. The molecule has 0 bridgehead atoms. The van der Waals surface area contributed by atoms with E-state index >= 15 is 0 Å². The van der Waals surface area contributed by atoms with E-state index in [0.29, 0.717) is 6.61 Å². The fraction of sp³-hybridized carbons (Fsp3) is 0.0490. The summed E-state index contributed by atoms with van der Waals surface area (Å²) >= 11 is 0. The van der Waals surface area contributed by atoms with Gasteiger partial charge in [0.2, 0.25) is 0 Å². The van der Waals surface area contributed by atoms with Crippen molar-refractivity contribution in [3.8, 4) is 134 Å². The van der Waals surface area contributed by atoms with Gasteiger partial charge in [0.15, 0.2) is 0 Å². The Bertz CT molecular complexity index is 6090. The Balaban J connectivity index is 0.000000163. The van der Waals surface area contributed by atoms with E-state index in [9.17, 15) is 85.7 Å². The number of hydrogen-bond acceptors (Lipinski definition) is 18. The van der Waals surface area contributed by atoms with Gasteiger partial charge in [-0.15, -0.1) is 0 Å². The van der Waals surface area contributed by atoms with E-state index < -0.39 is 50.2 Å². The van der Waals surface area contributed by atoms with E-state index in [2.05, 4.69) is 102 Å². The number of ether oxygens (including phenoxy) is 1. The third kappa shape index (κ3) is 14.1. The van der Waals surface area contributed by atoms with E-state index in [1.807, 2.05) is 48.5 Å². The number of esters is 1. The number of benzene rings is 16. The molecule has 2 spiro atoms. The Morgan fingerprint density at radius 3 is 0.398 bits per heavy atom. The summed E-state index contributed by atoms with van der Waals surface area (Å²) in [5.41, 5.74) is 26.2. The third-order valence-corrected chi connectivity index (χ3v) is 24.2. The van der Waals surface area contributed by atoms with Gasteiger partial charge in [-0.1, -0.05) is 97.1 Å². The van der Waals surface area contributed by atoms with Crippen molar-refractivity contribution < 1.29 is 48.9 Å². The summed E-state index contributed by atoms with van der Waals surface area (Å²) in [6, 6.07) is 101. The van der Waals surface area contributed by atoms with Crippen molar-refractivity contribution in [3.05, 3.63) is 465 Å². The zero-order valence-corrected chi connectivity index (χ0v) is 67.5. The first-order valence-electron chi connectivity index (χ1n) is 40.1. The van der Waals surface area contributed by atoms with Crippen molar-refractivity contribution in [2.75, 3.05) is 6.61 Å². The van der Waals surface area contributed by atoms with Crippen molar-refractivity contribution in [1.29, 1.82) is 0 Å². The Morgan fingerprint density at radius 1 is 0.203 bits per heavy atom. The highest BCUT2D eigenvalue weighted by atomic mass is 16.7. The van der Waals surface area contributed by atoms with Crippen LogP contribution in [-0.4, -0.2) is 52.0 Å². The lowest BCUT2D eigenvalue weighted by molar-refractivity contribution is -0.385. The SMILES string of the molecule is CCOC(C)=O.O=[N+]([O-])c1ccc(-c2ccc3c(c2)C2(c4cc(-c5ccc([N+](=O)[O-])cc5)ccc4-3)c3cc(-c4ccc([N+](=O)[O-])cc4)ccc3-c3ccc(-c4ccc([N+](=O)[O-])cc4)cc32)cc1.O=[N+]([O-])c1ccc(-c2ccc3c(c2)C2(c4cc(-c5ccc([N+](=O)[O-])cc5)ccc4-3)c3cc(-c4ccc([N+](=O)[O-])cc4)ccc3-c3ccc(-c4ccc([N+](=O)[O-])cc4)cc32)cc1. The highest BCUT2D eigenvalue weighted by Gasteiger charge is 2.54. The monoisotopic (exact) mass is 1690 g/mol. The number of rotatable bonds is 17. The molecule has 128 heavy (non-hydrogen) atoms. The summed E-state index contributed by atoms with van der Waals surface area (Å²) in [6.45, 7) is 3.65. The molecule has 4 aliphatic rings. The fourth-order valence-corrected chi connectivity index (χ4v) is 18.3. The van der Waals surface area contributed by atoms with Crippen molar-refractivity contribution in [2.24, 2.45) is 0 Å². The largest absolute Gasteiger partial charge is 0.466 e. The molecule has 16 aromatic carbocycles. The predicted molar refractivity (Wildman–Crippen MR) is 485 cm³/mol. The normalized spacial score (nSPS) is 12.4. The van der Waals surface area contributed by atoms with Crippen LogP contribution in [0.2, 0.25) is 0 Å². The van der Waals surface area contributed by atoms with Crippen LogP contribution in [0.1, 0.15) is 58.4 Å². The average Bonchev–Trinajstić information content (AvgIpc) is 1.51. The van der Waals surface area contributed by atoms with Crippen LogP contribution in [0.15, 0.2) is 340 Å². The summed E-state index contributed by atoms with van der Waals surface area (Å²) in [6.07, 6.45) is 0. The van der Waals surface area contributed by atoms with Gasteiger partial charge in [-0.25, -0.2) is 0 Å². The van der Waals surface area contributed by atoms with Crippen molar-refractivity contribution >= 4 is 51.5 Å². The van der Waals surface area contributed by atoms with E-state index in [1.54, 1.807) is 104 Å². The lowest BCUT2D eigenvalue weighted by atomic mass is 9.69. The number of hydrogen-bond donors (Lipinski definition) is 0. The first-order valence-corrected chi connectivity index (χ1v) is 40.1. The van der Waals surface area contributed by atoms with Crippen LogP contribution in [0.5, 0.6) is 0 Å². The van der Waals surface area contributed by atoms with Gasteiger partial charge >= 0.3 is 5.97 Å². The molecule has 0 atom stereocenters. The Hall–Kier alpha value is -17.8. The Labute approximate surface area is 726 Å². The maximum atomic E-state index is 11.6. The topological polar surface area (TPSA) is 371 Å². The van der Waals surface area contributed by atoms with Gasteiger partial charge in [-0.2, -0.15) is 0 Å². The van der Waals surface area contributed by atoms with Gasteiger partial charge in [0, 0.05) is 104 Å². The average molecular weight is 1690 g/mol. The zero-order chi connectivity index (χ0) is 89.3. The third-order valence-electron chi connectivity index (χ3n) is 24.2. The summed E-state index contributed by atoms with van der Waals surface area (Å²) < 4.78 is 4.40. The summed E-state index contributed by atoms with van der Waals surface area (Å²) in [5, 5.41) is 92.6.